The van der Waals surface area contributed by atoms with Crippen molar-refractivity contribution in [3.63, 3.8) is 0 Å². The van der Waals surface area contributed by atoms with E-state index in [-0.39, 0.29) is 0 Å². The number of hydrogen-bond donors (Lipinski definition) is 0. The summed E-state index contributed by atoms with van der Waals surface area (Å²) in [6, 6.07) is 9.02. The van der Waals surface area contributed by atoms with E-state index >= 15 is 0 Å². The highest BCUT2D eigenvalue weighted by Crippen LogP contribution is 2.53. The molecule has 0 bridgehead atoms. The quantitative estimate of drug-likeness (QED) is 0.581. The van der Waals surface area contributed by atoms with E-state index in [1.54, 1.807) is 10.8 Å². The zero-order valence-electron chi connectivity index (χ0n) is 9.75. The summed E-state index contributed by atoms with van der Waals surface area (Å²) in [5, 5.41) is 1.67. The summed E-state index contributed by atoms with van der Waals surface area (Å²) in [5.74, 6) is 0.922. The average molecular weight is 214 g/mol. The summed E-state index contributed by atoms with van der Waals surface area (Å²) in [6.07, 6.45) is 3.80. The zero-order valence-corrected chi connectivity index (χ0v) is 10.7. The van der Waals surface area contributed by atoms with Crippen LogP contribution in [0.3, 0.4) is 0 Å². The third kappa shape index (κ3) is 1.13. The van der Waals surface area contributed by atoms with Gasteiger partial charge in [0.05, 0.1) is 8.07 Å². The monoisotopic (exact) mass is 214 g/mol. The fourth-order valence-electron chi connectivity index (χ4n) is 3.72. The van der Waals surface area contributed by atoms with Crippen LogP contribution < -0.4 is 5.19 Å². The smallest absolute Gasteiger partial charge is 0.0683 e. The van der Waals surface area contributed by atoms with Crippen LogP contribution in [-0.2, 0) is 0 Å². The number of benzene rings is 1. The fourth-order valence-corrected chi connectivity index (χ4v) is 8.15. The van der Waals surface area contributed by atoms with E-state index in [9.17, 15) is 0 Å². The Kier molecular flexibility index (Phi) is 1.79. The molecule has 1 aliphatic heterocycles. The molecule has 2 aliphatic rings. The minimum atomic E-state index is -1.22. The Balaban J connectivity index is 2.20. The van der Waals surface area contributed by atoms with Gasteiger partial charge in [-0.25, -0.2) is 0 Å². The van der Waals surface area contributed by atoms with Gasteiger partial charge in [0.25, 0.3) is 0 Å². The molecule has 0 N–H and O–H groups in total. The lowest BCUT2D eigenvalue weighted by atomic mass is 9.79. The van der Waals surface area contributed by atoms with Crippen molar-refractivity contribution < 1.29 is 0 Å². The third-order valence-electron chi connectivity index (χ3n) is 4.30. The van der Waals surface area contributed by atoms with Crippen molar-refractivity contribution in [3.05, 3.63) is 35.4 Å². The van der Waals surface area contributed by atoms with E-state index < -0.39 is 8.07 Å². The number of allylic oxidation sites excluding steroid dienone is 1. The van der Waals surface area contributed by atoms with Crippen molar-refractivity contribution in [2.45, 2.75) is 32.0 Å². The number of hydrogen-bond acceptors (Lipinski definition) is 0. The first kappa shape index (κ1) is 9.41. The minimum absolute atomic E-state index is 0.922. The second-order valence-electron chi connectivity index (χ2n) is 5.69. The summed E-state index contributed by atoms with van der Waals surface area (Å²) >= 11 is 0. The van der Waals surface area contributed by atoms with Crippen molar-refractivity contribution in [2.75, 3.05) is 0 Å². The molecular formula is C14H18Si. The lowest BCUT2D eigenvalue weighted by molar-refractivity contribution is 0.451. The van der Waals surface area contributed by atoms with Gasteiger partial charge >= 0.3 is 0 Å². The molecule has 0 saturated heterocycles. The second kappa shape index (κ2) is 2.85. The summed E-state index contributed by atoms with van der Waals surface area (Å²) < 4.78 is 0. The van der Waals surface area contributed by atoms with Gasteiger partial charge in [0.1, 0.15) is 0 Å². The van der Waals surface area contributed by atoms with Gasteiger partial charge in [-0.2, -0.15) is 0 Å². The van der Waals surface area contributed by atoms with Crippen LogP contribution in [0.15, 0.2) is 29.8 Å². The van der Waals surface area contributed by atoms with Crippen LogP contribution in [0.25, 0.3) is 6.08 Å². The maximum atomic E-state index is 2.54. The highest BCUT2D eigenvalue weighted by Gasteiger charge is 2.48. The lowest BCUT2D eigenvalue weighted by Gasteiger charge is -2.50. The number of fused-ring (bicyclic) bond motifs is 2. The molecule has 0 amide bonds. The van der Waals surface area contributed by atoms with E-state index in [2.05, 4.69) is 50.4 Å². The van der Waals surface area contributed by atoms with Gasteiger partial charge in [0.15, 0.2) is 0 Å². The Morgan fingerprint density at radius 2 is 1.93 bits per heavy atom. The zero-order chi connectivity index (χ0) is 10.6. The van der Waals surface area contributed by atoms with Gasteiger partial charge in [-0.3, -0.25) is 0 Å². The van der Waals surface area contributed by atoms with Crippen LogP contribution in [0.5, 0.6) is 0 Å². The van der Waals surface area contributed by atoms with Crippen molar-refractivity contribution in [3.8, 4) is 0 Å². The topological polar surface area (TPSA) is 0 Å². The molecule has 0 aromatic heterocycles. The van der Waals surface area contributed by atoms with Crippen molar-refractivity contribution in [1.82, 2.24) is 0 Å². The van der Waals surface area contributed by atoms with Gasteiger partial charge < -0.3 is 0 Å². The third-order valence-corrected chi connectivity index (χ3v) is 8.64. The van der Waals surface area contributed by atoms with E-state index in [0.29, 0.717) is 0 Å². The maximum absolute atomic E-state index is 2.54. The number of rotatable bonds is 0. The van der Waals surface area contributed by atoms with Crippen molar-refractivity contribution >= 4 is 19.3 Å². The van der Waals surface area contributed by atoms with E-state index in [0.717, 1.165) is 11.5 Å². The Hall–Kier alpha value is -0.823. The molecule has 0 spiro atoms. The van der Waals surface area contributed by atoms with Crippen molar-refractivity contribution in [2.24, 2.45) is 5.92 Å². The average Bonchev–Trinajstić information content (AvgIpc) is 2.15. The van der Waals surface area contributed by atoms with Gasteiger partial charge in [0, 0.05) is 0 Å². The van der Waals surface area contributed by atoms with Gasteiger partial charge in [-0.05, 0) is 23.4 Å². The van der Waals surface area contributed by atoms with Crippen LogP contribution in [0, 0.1) is 5.92 Å². The summed E-state index contributed by atoms with van der Waals surface area (Å²) in [7, 11) is -1.22. The van der Waals surface area contributed by atoms with Crippen LogP contribution in [-0.4, -0.2) is 8.07 Å². The standard InChI is InChI=1S/C14H18Si/c1-10-8-12-9-11-6-4-5-7-13(11)15(2,3)14(10)12/h4-7,9-10,14H,8H2,1-3H3. The summed E-state index contributed by atoms with van der Waals surface area (Å²) in [4.78, 5) is 0. The summed E-state index contributed by atoms with van der Waals surface area (Å²) in [5.41, 5.74) is 4.16. The fraction of sp³-hybridized carbons (Fsp3) is 0.429. The lowest BCUT2D eigenvalue weighted by Crippen LogP contribution is -2.55. The molecule has 1 saturated carbocycles. The molecule has 1 fully saturated rings. The van der Waals surface area contributed by atoms with E-state index in [1.807, 2.05) is 0 Å². The molecule has 1 heteroatoms. The molecule has 3 rings (SSSR count). The Morgan fingerprint density at radius 1 is 1.20 bits per heavy atom. The van der Waals surface area contributed by atoms with E-state index in [4.69, 9.17) is 0 Å². The highest BCUT2D eigenvalue weighted by molar-refractivity contribution is 6.92. The highest BCUT2D eigenvalue weighted by atomic mass is 28.3. The molecule has 0 nitrogen and oxygen atoms in total. The van der Waals surface area contributed by atoms with Crippen LogP contribution >= 0.6 is 0 Å². The first-order valence-corrected chi connectivity index (χ1v) is 8.98. The Bertz CT molecular complexity index is 442. The first-order valence-electron chi connectivity index (χ1n) is 5.90. The molecule has 1 aliphatic carbocycles. The van der Waals surface area contributed by atoms with Gasteiger partial charge in [-0.1, -0.05) is 61.1 Å². The first-order chi connectivity index (χ1) is 7.10. The molecule has 15 heavy (non-hydrogen) atoms. The SMILES string of the molecule is CC1CC2=Cc3ccccc3[Si](C)(C)C21. The molecule has 1 heterocycles. The normalized spacial score (nSPS) is 31.0. The minimum Gasteiger partial charge on any atom is -0.0683 e. The van der Waals surface area contributed by atoms with Gasteiger partial charge in [0.2, 0.25) is 0 Å². The van der Waals surface area contributed by atoms with Crippen LogP contribution in [0.2, 0.25) is 18.6 Å². The largest absolute Gasteiger partial charge is 0.0887 e. The van der Waals surface area contributed by atoms with Gasteiger partial charge in [-0.15, -0.1) is 0 Å². The Morgan fingerprint density at radius 3 is 2.67 bits per heavy atom. The maximum Gasteiger partial charge on any atom is 0.0887 e. The van der Waals surface area contributed by atoms with Crippen LogP contribution in [0.1, 0.15) is 18.9 Å². The van der Waals surface area contributed by atoms with Crippen LogP contribution in [0.4, 0.5) is 0 Å². The van der Waals surface area contributed by atoms with Crippen molar-refractivity contribution in [1.29, 1.82) is 0 Å². The second-order valence-corrected chi connectivity index (χ2v) is 10.3. The molecular weight excluding hydrogens is 196 g/mol. The molecule has 2 unspecified atom stereocenters. The summed E-state index contributed by atoms with van der Waals surface area (Å²) in [6.45, 7) is 7.50. The molecule has 0 radical (unpaired) electrons. The molecule has 2 atom stereocenters. The predicted molar refractivity (Wildman–Crippen MR) is 69.1 cm³/mol. The Labute approximate surface area is 93.0 Å². The molecule has 1 aromatic rings. The molecule has 78 valence electrons. The molecule has 1 aromatic carbocycles. The van der Waals surface area contributed by atoms with E-state index in [1.165, 1.54) is 12.0 Å². The predicted octanol–water partition coefficient (Wildman–Crippen LogP) is 3.41.